The highest BCUT2D eigenvalue weighted by atomic mass is 15.2. The number of rotatable bonds is 3. The first-order valence-corrected chi connectivity index (χ1v) is 8.36. The van der Waals surface area contributed by atoms with Crippen molar-refractivity contribution < 1.29 is 0 Å². The Hall–Kier alpha value is -3.94. The van der Waals surface area contributed by atoms with Gasteiger partial charge < -0.3 is 4.98 Å². The summed E-state index contributed by atoms with van der Waals surface area (Å²) in [5.41, 5.74) is 5.54. The third kappa shape index (κ3) is 2.73. The molecule has 0 spiro atoms. The molecule has 5 aromatic rings. The second kappa shape index (κ2) is 6.10. The van der Waals surface area contributed by atoms with E-state index in [0.717, 1.165) is 22.3 Å². The molecule has 4 aromatic heterocycles. The average Bonchev–Trinajstić information content (AvgIpc) is 3.37. The van der Waals surface area contributed by atoms with Crippen molar-refractivity contribution in [3.8, 4) is 34.0 Å². The van der Waals surface area contributed by atoms with Crippen molar-refractivity contribution in [2.45, 2.75) is 0 Å². The van der Waals surface area contributed by atoms with E-state index in [4.69, 9.17) is 4.98 Å². The maximum absolute atomic E-state index is 4.76. The highest BCUT2D eigenvalue weighted by molar-refractivity contribution is 5.87. The van der Waals surface area contributed by atoms with Crippen molar-refractivity contribution in [1.82, 2.24) is 39.7 Å². The van der Waals surface area contributed by atoms with Gasteiger partial charge >= 0.3 is 0 Å². The van der Waals surface area contributed by atoms with E-state index in [1.165, 1.54) is 6.33 Å². The van der Waals surface area contributed by atoms with Crippen LogP contribution in [-0.4, -0.2) is 39.7 Å². The Labute approximate surface area is 154 Å². The average molecular weight is 354 g/mol. The van der Waals surface area contributed by atoms with Gasteiger partial charge in [-0.3, -0.25) is 4.68 Å². The van der Waals surface area contributed by atoms with Gasteiger partial charge in [-0.1, -0.05) is 18.2 Å². The van der Waals surface area contributed by atoms with Crippen LogP contribution in [0.2, 0.25) is 0 Å². The lowest BCUT2D eigenvalue weighted by Gasteiger charge is -2.06. The van der Waals surface area contributed by atoms with E-state index in [1.807, 2.05) is 49.6 Å². The Morgan fingerprint density at radius 1 is 0.963 bits per heavy atom. The first kappa shape index (κ1) is 15.3. The molecule has 0 aliphatic rings. The highest BCUT2D eigenvalue weighted by Crippen LogP contribution is 2.28. The van der Waals surface area contributed by atoms with E-state index in [9.17, 15) is 0 Å². The van der Waals surface area contributed by atoms with Crippen LogP contribution < -0.4 is 0 Å². The molecule has 5 rings (SSSR count). The number of hydrogen-bond acceptors (Lipinski definition) is 6. The van der Waals surface area contributed by atoms with Crippen LogP contribution in [0.4, 0.5) is 0 Å². The largest absolute Gasteiger partial charge is 0.341 e. The van der Waals surface area contributed by atoms with Crippen LogP contribution >= 0.6 is 0 Å². The molecule has 0 saturated heterocycles. The Morgan fingerprint density at radius 2 is 1.89 bits per heavy atom. The van der Waals surface area contributed by atoms with Gasteiger partial charge in [0, 0.05) is 30.6 Å². The first-order valence-electron chi connectivity index (χ1n) is 8.36. The molecule has 1 N–H and O–H groups in total. The van der Waals surface area contributed by atoms with Crippen LogP contribution in [-0.2, 0) is 7.05 Å². The summed E-state index contributed by atoms with van der Waals surface area (Å²) in [6.07, 6.45) is 6.72. The Balaban J connectivity index is 1.68. The fourth-order valence-electron chi connectivity index (χ4n) is 2.97. The number of nitrogens with zero attached hydrogens (tertiary/aromatic N) is 7. The third-order valence-electron chi connectivity index (χ3n) is 4.24. The number of H-pyrrole nitrogens is 1. The predicted octanol–water partition coefficient (Wildman–Crippen LogP) is 2.88. The molecule has 0 bridgehead atoms. The van der Waals surface area contributed by atoms with Crippen LogP contribution in [0.15, 0.2) is 61.4 Å². The van der Waals surface area contributed by atoms with Crippen molar-refractivity contribution in [3.05, 3.63) is 61.4 Å². The smallest absolute Gasteiger partial charge is 0.181 e. The molecular weight excluding hydrogens is 340 g/mol. The van der Waals surface area contributed by atoms with Crippen molar-refractivity contribution in [2.75, 3.05) is 0 Å². The lowest BCUT2D eigenvalue weighted by atomic mass is 10.1. The normalized spacial score (nSPS) is 11.1. The standard InChI is InChI=1S/C19H14N8/c1-27-8-6-14(26-27)12-3-2-4-13(9-12)18-24-16(15-5-7-20-10-21-15)17-19(25-18)23-11-22-17/h2-11H,1H3,(H,22,23,24,25). The molecule has 130 valence electrons. The number of nitrogens with one attached hydrogen (secondary N) is 1. The summed E-state index contributed by atoms with van der Waals surface area (Å²) in [5.74, 6) is 0.584. The summed E-state index contributed by atoms with van der Waals surface area (Å²) in [6.45, 7) is 0. The van der Waals surface area contributed by atoms with Gasteiger partial charge in [-0.15, -0.1) is 0 Å². The van der Waals surface area contributed by atoms with E-state index in [1.54, 1.807) is 17.2 Å². The summed E-state index contributed by atoms with van der Waals surface area (Å²) >= 11 is 0. The van der Waals surface area contributed by atoms with Crippen molar-refractivity contribution >= 4 is 11.2 Å². The highest BCUT2D eigenvalue weighted by Gasteiger charge is 2.14. The molecule has 0 fully saturated rings. The molecule has 0 saturated carbocycles. The maximum Gasteiger partial charge on any atom is 0.181 e. The molecule has 27 heavy (non-hydrogen) atoms. The Morgan fingerprint density at radius 3 is 2.70 bits per heavy atom. The monoisotopic (exact) mass is 354 g/mol. The maximum atomic E-state index is 4.76. The van der Waals surface area contributed by atoms with Gasteiger partial charge in [0.2, 0.25) is 0 Å². The molecule has 0 aliphatic carbocycles. The summed E-state index contributed by atoms with van der Waals surface area (Å²) in [7, 11) is 1.90. The van der Waals surface area contributed by atoms with Gasteiger partial charge in [-0.2, -0.15) is 5.10 Å². The molecular formula is C19H14N8. The summed E-state index contributed by atoms with van der Waals surface area (Å²) in [5, 5.41) is 4.46. The van der Waals surface area contributed by atoms with Crippen LogP contribution in [0.1, 0.15) is 0 Å². The zero-order valence-electron chi connectivity index (χ0n) is 14.4. The molecule has 0 radical (unpaired) electrons. The molecule has 0 unspecified atom stereocenters. The molecule has 0 amide bonds. The number of hydrogen-bond donors (Lipinski definition) is 1. The lowest BCUT2D eigenvalue weighted by molar-refractivity contribution is 0.771. The minimum absolute atomic E-state index is 0.584. The van der Waals surface area contributed by atoms with Crippen LogP contribution in [0.5, 0.6) is 0 Å². The fraction of sp³-hybridized carbons (Fsp3) is 0.0526. The Kier molecular flexibility index (Phi) is 3.46. The first-order chi connectivity index (χ1) is 13.3. The molecule has 0 aliphatic heterocycles. The number of aryl methyl sites for hydroxylation is 1. The van der Waals surface area contributed by atoms with Gasteiger partial charge in [0.1, 0.15) is 17.5 Å². The SMILES string of the molecule is Cn1ccc(-c2cccc(-c3nc(-c4ccncn4)c4[nH]cnc4n3)c2)n1. The predicted molar refractivity (Wildman–Crippen MR) is 100 cm³/mol. The molecule has 1 aromatic carbocycles. The van der Waals surface area contributed by atoms with Crippen LogP contribution in [0.25, 0.3) is 45.2 Å². The van der Waals surface area contributed by atoms with E-state index in [0.29, 0.717) is 22.9 Å². The zero-order chi connectivity index (χ0) is 18.2. The van der Waals surface area contributed by atoms with Gasteiger partial charge in [0.05, 0.1) is 17.7 Å². The number of benzene rings is 1. The summed E-state index contributed by atoms with van der Waals surface area (Å²) < 4.78 is 1.78. The number of fused-ring (bicyclic) bond motifs is 1. The summed E-state index contributed by atoms with van der Waals surface area (Å²) in [4.78, 5) is 25.1. The molecule has 8 nitrogen and oxygen atoms in total. The van der Waals surface area contributed by atoms with E-state index >= 15 is 0 Å². The molecule has 0 atom stereocenters. The minimum atomic E-state index is 0.584. The van der Waals surface area contributed by atoms with E-state index < -0.39 is 0 Å². The third-order valence-corrected chi connectivity index (χ3v) is 4.24. The summed E-state index contributed by atoms with van der Waals surface area (Å²) in [6, 6.07) is 11.8. The number of aromatic amines is 1. The van der Waals surface area contributed by atoms with Gasteiger partial charge in [0.15, 0.2) is 11.5 Å². The van der Waals surface area contributed by atoms with E-state index in [-0.39, 0.29) is 0 Å². The Bertz CT molecular complexity index is 1240. The molecule has 8 heteroatoms. The van der Waals surface area contributed by atoms with Crippen molar-refractivity contribution in [1.29, 1.82) is 0 Å². The topological polar surface area (TPSA) is 98.1 Å². The number of aromatic nitrogens is 8. The molecule has 4 heterocycles. The zero-order valence-corrected chi connectivity index (χ0v) is 14.4. The second-order valence-electron chi connectivity index (χ2n) is 6.05. The van der Waals surface area contributed by atoms with Crippen LogP contribution in [0.3, 0.4) is 0 Å². The van der Waals surface area contributed by atoms with Crippen LogP contribution in [0, 0.1) is 0 Å². The van der Waals surface area contributed by atoms with Gasteiger partial charge in [0.25, 0.3) is 0 Å². The van der Waals surface area contributed by atoms with Crippen molar-refractivity contribution in [2.24, 2.45) is 7.05 Å². The van der Waals surface area contributed by atoms with E-state index in [2.05, 4.69) is 30.0 Å². The second-order valence-corrected chi connectivity index (χ2v) is 6.05. The lowest BCUT2D eigenvalue weighted by Crippen LogP contribution is -1.96. The quantitative estimate of drug-likeness (QED) is 0.535. The number of imidazole rings is 1. The minimum Gasteiger partial charge on any atom is -0.341 e. The van der Waals surface area contributed by atoms with Gasteiger partial charge in [-0.25, -0.2) is 24.9 Å². The fourth-order valence-corrected chi connectivity index (χ4v) is 2.97. The van der Waals surface area contributed by atoms with Crippen molar-refractivity contribution in [3.63, 3.8) is 0 Å². The van der Waals surface area contributed by atoms with Gasteiger partial charge in [-0.05, 0) is 18.2 Å².